The van der Waals surface area contributed by atoms with Crippen molar-refractivity contribution in [3.8, 4) is 0 Å². The molecule has 0 spiro atoms. The summed E-state index contributed by atoms with van der Waals surface area (Å²) in [5.41, 5.74) is 0. The van der Waals surface area contributed by atoms with Crippen molar-refractivity contribution < 1.29 is 4.79 Å². The number of nitrogens with one attached hydrogen (secondary N) is 1. The summed E-state index contributed by atoms with van der Waals surface area (Å²) in [6.07, 6.45) is 14.5. The van der Waals surface area contributed by atoms with E-state index in [0.717, 1.165) is 25.8 Å². The van der Waals surface area contributed by atoms with Crippen LogP contribution in [0.5, 0.6) is 0 Å². The van der Waals surface area contributed by atoms with E-state index < -0.39 is 0 Å². The van der Waals surface area contributed by atoms with Gasteiger partial charge in [0.1, 0.15) is 0 Å². The van der Waals surface area contributed by atoms with Crippen LogP contribution < -0.4 is 5.32 Å². The van der Waals surface area contributed by atoms with E-state index in [4.69, 9.17) is 0 Å². The Labute approximate surface area is 93.8 Å². The molecular formula is C13H25NO. The zero-order chi connectivity index (χ0) is 10.8. The fourth-order valence-electron chi connectivity index (χ4n) is 2.14. The van der Waals surface area contributed by atoms with Crippen LogP contribution in [0.4, 0.5) is 0 Å². The van der Waals surface area contributed by atoms with E-state index in [1.54, 1.807) is 0 Å². The number of hydrogen-bond acceptors (Lipinski definition) is 1. The Hall–Kier alpha value is -0.530. The zero-order valence-corrected chi connectivity index (χ0v) is 9.89. The lowest BCUT2D eigenvalue weighted by Gasteiger charge is -2.08. The fourth-order valence-corrected chi connectivity index (χ4v) is 2.14. The summed E-state index contributed by atoms with van der Waals surface area (Å²) < 4.78 is 0. The Morgan fingerprint density at radius 2 is 1.13 bits per heavy atom. The molecule has 2 nitrogen and oxygen atoms in total. The third-order valence-corrected chi connectivity index (χ3v) is 3.15. The molecule has 1 aliphatic carbocycles. The molecule has 2 fully saturated rings. The highest BCUT2D eigenvalue weighted by atomic mass is 16.1. The van der Waals surface area contributed by atoms with Gasteiger partial charge in [0.2, 0.25) is 5.91 Å². The van der Waals surface area contributed by atoms with Crippen molar-refractivity contribution >= 4 is 5.91 Å². The minimum atomic E-state index is 0.231. The maximum Gasteiger partial charge on any atom is 0.219 e. The molecule has 0 aromatic heterocycles. The Morgan fingerprint density at radius 3 is 1.73 bits per heavy atom. The molecule has 0 aromatic rings. The first-order valence-corrected chi connectivity index (χ1v) is 6.66. The summed E-state index contributed by atoms with van der Waals surface area (Å²) in [4.78, 5) is 10.7. The van der Waals surface area contributed by atoms with Crippen LogP contribution >= 0.6 is 0 Å². The molecule has 0 bridgehead atoms. The van der Waals surface area contributed by atoms with Crippen molar-refractivity contribution in [2.45, 2.75) is 70.6 Å². The van der Waals surface area contributed by atoms with Crippen LogP contribution in [0, 0.1) is 0 Å². The van der Waals surface area contributed by atoms with E-state index >= 15 is 0 Å². The molecule has 1 aliphatic heterocycles. The van der Waals surface area contributed by atoms with Gasteiger partial charge in [-0.3, -0.25) is 4.79 Å². The van der Waals surface area contributed by atoms with E-state index in [-0.39, 0.29) is 5.91 Å². The van der Waals surface area contributed by atoms with Gasteiger partial charge in [0.15, 0.2) is 0 Å². The van der Waals surface area contributed by atoms with Crippen molar-refractivity contribution in [1.82, 2.24) is 5.32 Å². The molecular weight excluding hydrogens is 186 g/mol. The first kappa shape index (κ1) is 12.5. The minimum absolute atomic E-state index is 0.231. The first-order valence-electron chi connectivity index (χ1n) is 6.66. The van der Waals surface area contributed by atoms with Gasteiger partial charge < -0.3 is 5.32 Å². The van der Waals surface area contributed by atoms with E-state index in [0.29, 0.717) is 0 Å². The van der Waals surface area contributed by atoms with E-state index in [2.05, 4.69) is 5.32 Å². The summed E-state index contributed by atoms with van der Waals surface area (Å²) in [6, 6.07) is 0. The van der Waals surface area contributed by atoms with Gasteiger partial charge in [-0.05, 0) is 12.8 Å². The second-order valence-electron chi connectivity index (χ2n) is 4.64. The Morgan fingerprint density at radius 1 is 0.667 bits per heavy atom. The molecule has 0 aromatic carbocycles. The van der Waals surface area contributed by atoms with Gasteiger partial charge in [-0.2, -0.15) is 0 Å². The number of carbonyl (C=O) groups excluding carboxylic acids is 1. The maximum absolute atomic E-state index is 10.7. The highest BCUT2D eigenvalue weighted by Crippen LogP contribution is 2.15. The Bertz CT molecular complexity index is 142. The third kappa shape index (κ3) is 7.40. The molecule has 2 aliphatic rings. The van der Waals surface area contributed by atoms with Crippen LogP contribution in [0.3, 0.4) is 0 Å². The lowest BCUT2D eigenvalue weighted by Crippen LogP contribution is -2.25. The van der Waals surface area contributed by atoms with Gasteiger partial charge in [-0.25, -0.2) is 0 Å². The summed E-state index contributed by atoms with van der Waals surface area (Å²) in [5, 5.41) is 2.85. The quantitative estimate of drug-likeness (QED) is 0.653. The highest BCUT2D eigenvalue weighted by Gasteiger charge is 2.02. The van der Waals surface area contributed by atoms with Crippen molar-refractivity contribution in [2.75, 3.05) is 6.54 Å². The summed E-state index contributed by atoms with van der Waals surface area (Å²) >= 11 is 0. The number of hydrogen-bond donors (Lipinski definition) is 1. The second kappa shape index (κ2) is 8.75. The average Bonchev–Trinajstić information content (AvgIpc) is 2.27. The molecule has 0 radical (unpaired) electrons. The number of rotatable bonds is 0. The van der Waals surface area contributed by atoms with Crippen LogP contribution in [0.15, 0.2) is 0 Å². The maximum atomic E-state index is 10.7. The normalized spacial score (nSPS) is 22.8. The molecule has 0 atom stereocenters. The molecule has 1 saturated carbocycles. The standard InChI is InChI=1S/C7H13NO.C6H12/c9-7-5-3-1-2-4-6-8-7;1-2-4-6-5-3-1/h1-6H2,(H,8,9);1-6H2. The van der Waals surface area contributed by atoms with Crippen LogP contribution in [-0.2, 0) is 4.79 Å². The summed E-state index contributed by atoms with van der Waals surface area (Å²) in [5.74, 6) is 0.231. The summed E-state index contributed by atoms with van der Waals surface area (Å²) in [6.45, 7) is 0.888. The monoisotopic (exact) mass is 211 g/mol. The van der Waals surface area contributed by atoms with Gasteiger partial charge in [0.25, 0.3) is 0 Å². The van der Waals surface area contributed by atoms with E-state index in [1.807, 2.05) is 0 Å². The summed E-state index contributed by atoms with van der Waals surface area (Å²) in [7, 11) is 0. The predicted molar refractivity (Wildman–Crippen MR) is 63.8 cm³/mol. The molecule has 2 rings (SSSR count). The molecule has 1 saturated heterocycles. The molecule has 1 amide bonds. The van der Waals surface area contributed by atoms with Gasteiger partial charge in [0, 0.05) is 13.0 Å². The lowest BCUT2D eigenvalue weighted by atomic mass is 10.0. The predicted octanol–water partition coefficient (Wildman–Crippen LogP) is 3.41. The Balaban J connectivity index is 0.000000162. The van der Waals surface area contributed by atoms with Crippen molar-refractivity contribution in [1.29, 1.82) is 0 Å². The van der Waals surface area contributed by atoms with Crippen LogP contribution in [-0.4, -0.2) is 12.5 Å². The van der Waals surface area contributed by atoms with Gasteiger partial charge in [-0.15, -0.1) is 0 Å². The van der Waals surface area contributed by atoms with Crippen molar-refractivity contribution in [2.24, 2.45) is 0 Å². The zero-order valence-electron chi connectivity index (χ0n) is 9.89. The fraction of sp³-hybridized carbons (Fsp3) is 0.923. The van der Waals surface area contributed by atoms with Crippen molar-refractivity contribution in [3.05, 3.63) is 0 Å². The van der Waals surface area contributed by atoms with Gasteiger partial charge in [-0.1, -0.05) is 51.4 Å². The third-order valence-electron chi connectivity index (χ3n) is 3.15. The van der Waals surface area contributed by atoms with Gasteiger partial charge >= 0.3 is 0 Å². The number of carbonyl (C=O) groups is 1. The molecule has 2 heteroatoms. The van der Waals surface area contributed by atoms with E-state index in [9.17, 15) is 4.79 Å². The van der Waals surface area contributed by atoms with E-state index in [1.165, 1.54) is 51.4 Å². The second-order valence-corrected chi connectivity index (χ2v) is 4.64. The molecule has 1 heterocycles. The molecule has 88 valence electrons. The van der Waals surface area contributed by atoms with Crippen LogP contribution in [0.2, 0.25) is 0 Å². The van der Waals surface area contributed by atoms with Crippen LogP contribution in [0.1, 0.15) is 70.6 Å². The number of amides is 1. The smallest absolute Gasteiger partial charge is 0.219 e. The lowest BCUT2D eigenvalue weighted by molar-refractivity contribution is -0.121. The largest absolute Gasteiger partial charge is 0.356 e. The average molecular weight is 211 g/mol. The first-order chi connectivity index (χ1) is 7.39. The topological polar surface area (TPSA) is 29.1 Å². The molecule has 1 N–H and O–H groups in total. The minimum Gasteiger partial charge on any atom is -0.356 e. The highest BCUT2D eigenvalue weighted by molar-refractivity contribution is 5.75. The van der Waals surface area contributed by atoms with Crippen molar-refractivity contribution in [3.63, 3.8) is 0 Å². The van der Waals surface area contributed by atoms with Gasteiger partial charge in [0.05, 0.1) is 0 Å². The molecule has 15 heavy (non-hydrogen) atoms. The SMILES string of the molecule is C1CCCCC1.O=C1CCCCCCN1. The molecule has 0 unspecified atom stereocenters. The van der Waals surface area contributed by atoms with Crippen LogP contribution in [0.25, 0.3) is 0 Å². The Kier molecular flexibility index (Phi) is 7.32.